The quantitative estimate of drug-likeness (QED) is 0.558. The van der Waals surface area contributed by atoms with Gasteiger partial charge in [0.15, 0.2) is 0 Å². The van der Waals surface area contributed by atoms with Crippen LogP contribution in [0, 0.1) is 11.8 Å². The molecule has 0 saturated carbocycles. The highest BCUT2D eigenvalue weighted by atomic mass is 19.4. The monoisotopic (exact) mass is 544 g/mol. The molecule has 3 heterocycles. The molecule has 3 aliphatic heterocycles. The van der Waals surface area contributed by atoms with E-state index in [-0.39, 0.29) is 0 Å². The van der Waals surface area contributed by atoms with Crippen LogP contribution in [0.1, 0.15) is 12.0 Å². The SMILES string of the molecule is O=C(O)C(F)(F)F.O=C(O)C(F)(F)F.c1ccc(CN2CC[C@H]3CO[C@H](CN4CCOCC4)[C@H]3C2)cc1. The summed E-state index contributed by atoms with van der Waals surface area (Å²) < 4.78 is 75.1. The number of rotatable bonds is 4. The summed E-state index contributed by atoms with van der Waals surface area (Å²) in [4.78, 5) is 22.9. The van der Waals surface area contributed by atoms with Crippen molar-refractivity contribution < 1.29 is 55.6 Å². The van der Waals surface area contributed by atoms with Gasteiger partial charge in [0, 0.05) is 38.6 Å². The summed E-state index contributed by atoms with van der Waals surface area (Å²) >= 11 is 0. The molecule has 3 fully saturated rings. The van der Waals surface area contributed by atoms with Gasteiger partial charge in [0.1, 0.15) is 0 Å². The van der Waals surface area contributed by atoms with Gasteiger partial charge in [0.25, 0.3) is 0 Å². The fraction of sp³-hybridized carbons (Fsp3) is 0.652. The molecule has 37 heavy (non-hydrogen) atoms. The number of benzene rings is 1. The maximum Gasteiger partial charge on any atom is 0.490 e. The summed E-state index contributed by atoms with van der Waals surface area (Å²) in [5.74, 6) is -4.04. The number of likely N-dealkylation sites (tertiary alicyclic amines) is 1. The Morgan fingerprint density at radius 3 is 1.95 bits per heavy atom. The van der Waals surface area contributed by atoms with Gasteiger partial charge in [-0.2, -0.15) is 26.3 Å². The lowest BCUT2D eigenvalue weighted by Crippen LogP contribution is -2.47. The Bertz CT molecular complexity index is 824. The largest absolute Gasteiger partial charge is 0.490 e. The van der Waals surface area contributed by atoms with Crippen molar-refractivity contribution >= 4 is 11.9 Å². The van der Waals surface area contributed by atoms with Gasteiger partial charge in [0.05, 0.1) is 25.9 Å². The number of hydrogen-bond donors (Lipinski definition) is 2. The molecule has 0 unspecified atom stereocenters. The topological polar surface area (TPSA) is 99.5 Å². The third kappa shape index (κ3) is 10.8. The van der Waals surface area contributed by atoms with E-state index >= 15 is 0 Å². The predicted molar refractivity (Wildman–Crippen MR) is 118 cm³/mol. The number of aliphatic carboxylic acids is 2. The second kappa shape index (κ2) is 13.9. The molecule has 8 nitrogen and oxygen atoms in total. The van der Waals surface area contributed by atoms with E-state index in [1.807, 2.05) is 0 Å². The molecule has 0 aromatic heterocycles. The molecule has 0 amide bonds. The number of halogens is 6. The van der Waals surface area contributed by atoms with Crippen LogP contribution in [0.25, 0.3) is 0 Å². The predicted octanol–water partition coefficient (Wildman–Crippen LogP) is 3.12. The van der Waals surface area contributed by atoms with Crippen LogP contribution in [0.3, 0.4) is 0 Å². The maximum absolute atomic E-state index is 10.6. The molecule has 0 radical (unpaired) electrons. The van der Waals surface area contributed by atoms with E-state index in [9.17, 15) is 26.3 Å². The van der Waals surface area contributed by atoms with E-state index in [2.05, 4.69) is 40.1 Å². The number of piperidine rings is 1. The molecule has 4 rings (SSSR count). The summed E-state index contributed by atoms with van der Waals surface area (Å²) in [6.07, 6.45) is -8.46. The van der Waals surface area contributed by atoms with Crippen LogP contribution in [0.15, 0.2) is 30.3 Å². The first kappa shape index (κ1) is 30.8. The Kier molecular flexibility index (Phi) is 11.6. The summed E-state index contributed by atoms with van der Waals surface area (Å²) in [5.41, 5.74) is 1.43. The van der Waals surface area contributed by atoms with E-state index < -0.39 is 24.3 Å². The van der Waals surface area contributed by atoms with Crippen molar-refractivity contribution in [1.29, 1.82) is 0 Å². The normalized spacial score (nSPS) is 24.6. The number of morpholine rings is 1. The van der Waals surface area contributed by atoms with Gasteiger partial charge in [-0.25, -0.2) is 9.59 Å². The minimum absolute atomic E-state index is 0.414. The number of hydrogen-bond acceptors (Lipinski definition) is 6. The standard InChI is InChI=1S/C19H28N2O2.2C2HF3O2/c1-2-4-16(5-3-1)12-21-7-6-17-15-23-19(18(17)13-21)14-20-8-10-22-11-9-20;2*3-2(4,5)1(6)7/h1-5,17-19H,6-15H2;2*(H,6,7)/t17-,18-,19+;;/m0../s1. The van der Waals surface area contributed by atoms with Gasteiger partial charge in [-0.15, -0.1) is 0 Å². The van der Waals surface area contributed by atoms with Gasteiger partial charge < -0.3 is 19.7 Å². The first-order valence-electron chi connectivity index (χ1n) is 11.6. The molecule has 3 saturated heterocycles. The van der Waals surface area contributed by atoms with Crippen molar-refractivity contribution in [1.82, 2.24) is 9.80 Å². The molecule has 1 aromatic carbocycles. The van der Waals surface area contributed by atoms with Crippen LogP contribution in [0.2, 0.25) is 0 Å². The number of ether oxygens (including phenoxy) is 2. The minimum atomic E-state index is -5.08. The van der Waals surface area contributed by atoms with Gasteiger partial charge in [-0.3, -0.25) is 9.80 Å². The lowest BCUT2D eigenvalue weighted by atomic mass is 9.84. The zero-order valence-electron chi connectivity index (χ0n) is 19.9. The van der Waals surface area contributed by atoms with Crippen LogP contribution >= 0.6 is 0 Å². The second-order valence-corrected chi connectivity index (χ2v) is 8.82. The van der Waals surface area contributed by atoms with Gasteiger partial charge in [-0.05, 0) is 24.4 Å². The first-order chi connectivity index (χ1) is 17.3. The molecule has 3 aliphatic rings. The molecular formula is C23H30F6N2O6. The fourth-order valence-electron chi connectivity index (χ4n) is 4.31. The van der Waals surface area contributed by atoms with Gasteiger partial charge >= 0.3 is 24.3 Å². The molecule has 2 N–H and O–H groups in total. The van der Waals surface area contributed by atoms with E-state index in [0.29, 0.717) is 12.0 Å². The van der Waals surface area contributed by atoms with Gasteiger partial charge in [0.2, 0.25) is 0 Å². The second-order valence-electron chi connectivity index (χ2n) is 8.82. The van der Waals surface area contributed by atoms with Crippen molar-refractivity contribution in [3.8, 4) is 0 Å². The van der Waals surface area contributed by atoms with Crippen molar-refractivity contribution in [2.24, 2.45) is 11.8 Å². The van der Waals surface area contributed by atoms with E-state index in [1.165, 1.54) is 25.1 Å². The summed E-state index contributed by atoms with van der Waals surface area (Å²) in [6.45, 7) is 9.41. The average Bonchev–Trinajstić information content (AvgIpc) is 3.22. The number of alkyl halides is 6. The number of carboxylic acid groups (broad SMARTS) is 2. The third-order valence-corrected chi connectivity index (χ3v) is 6.17. The zero-order valence-corrected chi connectivity index (χ0v) is 19.9. The number of nitrogens with zero attached hydrogens (tertiary/aromatic N) is 2. The molecule has 0 aliphatic carbocycles. The van der Waals surface area contributed by atoms with Crippen LogP contribution in [0.5, 0.6) is 0 Å². The third-order valence-electron chi connectivity index (χ3n) is 6.17. The van der Waals surface area contributed by atoms with Gasteiger partial charge in [-0.1, -0.05) is 30.3 Å². The Morgan fingerprint density at radius 2 is 1.43 bits per heavy atom. The molecule has 3 atom stereocenters. The molecule has 14 heteroatoms. The summed E-state index contributed by atoms with van der Waals surface area (Å²) in [7, 11) is 0. The van der Waals surface area contributed by atoms with Crippen LogP contribution in [-0.2, 0) is 25.6 Å². The van der Waals surface area contributed by atoms with Crippen molar-refractivity contribution in [3.05, 3.63) is 35.9 Å². The highest BCUT2D eigenvalue weighted by Crippen LogP contribution is 2.35. The Labute approximate surface area is 209 Å². The minimum Gasteiger partial charge on any atom is -0.475 e. The first-order valence-corrected chi connectivity index (χ1v) is 11.6. The number of carboxylic acids is 2. The fourth-order valence-corrected chi connectivity index (χ4v) is 4.31. The van der Waals surface area contributed by atoms with Crippen molar-refractivity contribution in [3.63, 3.8) is 0 Å². The van der Waals surface area contributed by atoms with E-state index in [0.717, 1.165) is 51.9 Å². The zero-order chi connectivity index (χ0) is 27.6. The highest BCUT2D eigenvalue weighted by molar-refractivity contribution is 5.73. The van der Waals surface area contributed by atoms with Crippen LogP contribution < -0.4 is 0 Å². The van der Waals surface area contributed by atoms with Crippen molar-refractivity contribution in [2.75, 3.05) is 52.5 Å². The maximum atomic E-state index is 10.6. The van der Waals surface area contributed by atoms with E-state index in [1.54, 1.807) is 0 Å². The Morgan fingerprint density at radius 1 is 0.892 bits per heavy atom. The van der Waals surface area contributed by atoms with Crippen molar-refractivity contribution in [2.45, 2.75) is 31.4 Å². The Hall–Kier alpha value is -2.42. The molecule has 0 bridgehead atoms. The highest BCUT2D eigenvalue weighted by Gasteiger charge is 2.41. The lowest BCUT2D eigenvalue weighted by Gasteiger charge is -2.37. The molecule has 210 valence electrons. The summed E-state index contributed by atoms with van der Waals surface area (Å²) in [5, 5.41) is 14.2. The number of carbonyl (C=O) groups is 2. The smallest absolute Gasteiger partial charge is 0.475 e. The lowest BCUT2D eigenvalue weighted by molar-refractivity contribution is -0.193. The van der Waals surface area contributed by atoms with Crippen LogP contribution in [-0.4, -0.2) is 103 Å². The molecular weight excluding hydrogens is 514 g/mol. The number of fused-ring (bicyclic) bond motifs is 1. The molecule has 0 spiro atoms. The average molecular weight is 544 g/mol. The molecule has 1 aromatic rings. The van der Waals surface area contributed by atoms with E-state index in [4.69, 9.17) is 29.3 Å². The summed E-state index contributed by atoms with van der Waals surface area (Å²) in [6, 6.07) is 10.9. The Balaban J connectivity index is 0.000000286. The van der Waals surface area contributed by atoms with Crippen LogP contribution in [0.4, 0.5) is 26.3 Å².